The summed E-state index contributed by atoms with van der Waals surface area (Å²) in [5.74, 6) is 2.12. The number of nitrogens with zero attached hydrogens (tertiary/aromatic N) is 3. The molecule has 0 atom stereocenters. The number of aromatic nitrogens is 2. The smallest absolute Gasteiger partial charge is 0.164 e. The van der Waals surface area contributed by atoms with Crippen molar-refractivity contribution >= 4 is 27.9 Å². The summed E-state index contributed by atoms with van der Waals surface area (Å²) in [4.78, 5) is 9.79. The van der Waals surface area contributed by atoms with Crippen molar-refractivity contribution in [3.63, 3.8) is 0 Å². The predicted octanol–water partition coefficient (Wildman–Crippen LogP) is 3.07. The summed E-state index contributed by atoms with van der Waals surface area (Å²) in [5, 5.41) is 1.73. The summed E-state index contributed by atoms with van der Waals surface area (Å²) < 4.78 is 13.1. The second kappa shape index (κ2) is 5.34. The Bertz CT molecular complexity index is 606. The van der Waals surface area contributed by atoms with Gasteiger partial charge in [-0.3, -0.25) is 4.98 Å². The molecular formula is C12H9ClFN3S. The first-order chi connectivity index (χ1) is 8.61. The molecule has 0 N–H and O–H groups in total. The fraction of sp³-hybridized carbons (Fsp3) is 0.167. The van der Waals surface area contributed by atoms with Gasteiger partial charge in [0.2, 0.25) is 0 Å². The van der Waals surface area contributed by atoms with Crippen molar-refractivity contribution < 1.29 is 4.39 Å². The van der Waals surface area contributed by atoms with Crippen LogP contribution in [-0.2, 0) is 0 Å². The number of rotatable bonds is 3. The molecule has 18 heavy (non-hydrogen) atoms. The van der Waals surface area contributed by atoms with E-state index in [2.05, 4.69) is 15.9 Å². The van der Waals surface area contributed by atoms with Gasteiger partial charge in [0.05, 0.1) is 12.7 Å². The molecule has 2 rings (SSSR count). The van der Waals surface area contributed by atoms with Crippen molar-refractivity contribution in [3.8, 4) is 22.9 Å². The molecule has 0 aromatic carbocycles. The second-order valence-electron chi connectivity index (χ2n) is 3.57. The number of terminal acetylenes is 1. The maximum Gasteiger partial charge on any atom is 0.164 e. The molecule has 0 unspecified atom stereocenters. The highest BCUT2D eigenvalue weighted by molar-refractivity contribution is 7.19. The standard InChI is InChI=1S/C12H9ClFN3S/c1-3-4-17(2)12-10(13)16-11(18-12)8-5-9(14)7-15-6-8/h1,5-7H,4H2,2H3. The first-order valence-electron chi connectivity index (χ1n) is 5.03. The van der Waals surface area contributed by atoms with Gasteiger partial charge in [-0.2, -0.15) is 0 Å². The highest BCUT2D eigenvalue weighted by atomic mass is 35.5. The number of pyridine rings is 1. The number of thiazole rings is 1. The summed E-state index contributed by atoms with van der Waals surface area (Å²) in [6.07, 6.45) is 7.93. The Balaban J connectivity index is 2.37. The summed E-state index contributed by atoms with van der Waals surface area (Å²) in [6.45, 7) is 0.433. The molecule has 6 heteroatoms. The van der Waals surface area contributed by atoms with E-state index in [9.17, 15) is 4.39 Å². The van der Waals surface area contributed by atoms with Gasteiger partial charge < -0.3 is 4.90 Å². The Morgan fingerprint density at radius 1 is 1.56 bits per heavy atom. The Hall–Kier alpha value is -1.64. The average molecular weight is 282 g/mol. The molecular weight excluding hydrogens is 273 g/mol. The van der Waals surface area contributed by atoms with Gasteiger partial charge in [0.1, 0.15) is 15.8 Å². The second-order valence-corrected chi connectivity index (χ2v) is 4.90. The van der Waals surface area contributed by atoms with E-state index in [0.717, 1.165) is 11.2 Å². The molecule has 2 aromatic rings. The van der Waals surface area contributed by atoms with E-state index in [0.29, 0.717) is 22.3 Å². The third kappa shape index (κ3) is 2.61. The SMILES string of the molecule is C#CCN(C)c1sc(-c2cncc(F)c2)nc1Cl. The van der Waals surface area contributed by atoms with Gasteiger partial charge in [-0.05, 0) is 6.07 Å². The van der Waals surface area contributed by atoms with Crippen LogP contribution in [0.5, 0.6) is 0 Å². The van der Waals surface area contributed by atoms with Crippen LogP contribution in [-0.4, -0.2) is 23.6 Å². The molecule has 0 fully saturated rings. The summed E-state index contributed by atoms with van der Waals surface area (Å²) >= 11 is 7.39. The molecule has 2 aromatic heterocycles. The topological polar surface area (TPSA) is 29.0 Å². The molecule has 2 heterocycles. The first kappa shape index (κ1) is 12.8. The van der Waals surface area contributed by atoms with Crippen molar-refractivity contribution in [3.05, 3.63) is 29.4 Å². The zero-order chi connectivity index (χ0) is 13.1. The normalized spacial score (nSPS) is 10.1. The Kier molecular flexibility index (Phi) is 3.80. The third-order valence-corrected chi connectivity index (χ3v) is 3.79. The van der Waals surface area contributed by atoms with Gasteiger partial charge in [0.15, 0.2) is 5.15 Å². The lowest BCUT2D eigenvalue weighted by molar-refractivity contribution is 0.622. The molecule has 0 radical (unpaired) electrons. The van der Waals surface area contributed by atoms with E-state index >= 15 is 0 Å². The third-order valence-electron chi connectivity index (χ3n) is 2.20. The number of hydrogen-bond acceptors (Lipinski definition) is 4. The van der Waals surface area contributed by atoms with Crippen LogP contribution >= 0.6 is 22.9 Å². The highest BCUT2D eigenvalue weighted by Gasteiger charge is 2.14. The van der Waals surface area contributed by atoms with Gasteiger partial charge in [-0.1, -0.05) is 28.9 Å². The largest absolute Gasteiger partial charge is 0.353 e. The lowest BCUT2D eigenvalue weighted by Crippen LogP contribution is -2.15. The zero-order valence-electron chi connectivity index (χ0n) is 9.52. The number of halogens is 2. The predicted molar refractivity (Wildman–Crippen MR) is 72.4 cm³/mol. The Morgan fingerprint density at radius 2 is 2.33 bits per heavy atom. The van der Waals surface area contributed by atoms with Crippen LogP contribution in [0.4, 0.5) is 9.39 Å². The quantitative estimate of drug-likeness (QED) is 0.810. The molecule has 0 saturated carbocycles. The molecule has 3 nitrogen and oxygen atoms in total. The lowest BCUT2D eigenvalue weighted by Gasteiger charge is -2.12. The summed E-state index contributed by atoms with van der Waals surface area (Å²) in [7, 11) is 1.83. The van der Waals surface area contributed by atoms with Crippen molar-refractivity contribution in [2.45, 2.75) is 0 Å². The Morgan fingerprint density at radius 3 is 3.00 bits per heavy atom. The van der Waals surface area contributed by atoms with E-state index in [1.165, 1.54) is 17.4 Å². The fourth-order valence-corrected chi connectivity index (χ4v) is 2.68. The van der Waals surface area contributed by atoms with Crippen molar-refractivity contribution in [2.24, 2.45) is 0 Å². The van der Waals surface area contributed by atoms with Gasteiger partial charge in [0.25, 0.3) is 0 Å². The molecule has 0 aliphatic rings. The molecule has 0 aliphatic heterocycles. The number of anilines is 1. The minimum absolute atomic E-state index is 0.358. The van der Waals surface area contributed by atoms with Crippen molar-refractivity contribution in [1.29, 1.82) is 0 Å². The van der Waals surface area contributed by atoms with Crippen LogP contribution in [0.1, 0.15) is 0 Å². The summed E-state index contributed by atoms with van der Waals surface area (Å²) in [5.41, 5.74) is 0.599. The van der Waals surface area contributed by atoms with Crippen LogP contribution in [0.25, 0.3) is 10.6 Å². The lowest BCUT2D eigenvalue weighted by atomic mass is 10.3. The number of hydrogen-bond donors (Lipinski definition) is 0. The monoisotopic (exact) mass is 281 g/mol. The van der Waals surface area contributed by atoms with Crippen LogP contribution < -0.4 is 4.90 Å². The maximum absolute atomic E-state index is 13.1. The molecule has 0 saturated heterocycles. The van der Waals surface area contributed by atoms with Gasteiger partial charge in [-0.25, -0.2) is 9.37 Å². The molecule has 0 aliphatic carbocycles. The van der Waals surface area contributed by atoms with E-state index in [1.54, 1.807) is 6.20 Å². The fourth-order valence-electron chi connectivity index (χ4n) is 1.39. The minimum Gasteiger partial charge on any atom is -0.353 e. The van der Waals surface area contributed by atoms with Gasteiger partial charge in [0, 0.05) is 18.8 Å². The van der Waals surface area contributed by atoms with E-state index in [-0.39, 0.29) is 0 Å². The van der Waals surface area contributed by atoms with E-state index in [4.69, 9.17) is 18.0 Å². The first-order valence-corrected chi connectivity index (χ1v) is 6.23. The highest BCUT2D eigenvalue weighted by Crippen LogP contribution is 2.36. The summed E-state index contributed by atoms with van der Waals surface area (Å²) in [6, 6.07) is 1.37. The van der Waals surface area contributed by atoms with Crippen LogP contribution in [0.15, 0.2) is 18.5 Å². The van der Waals surface area contributed by atoms with Crippen LogP contribution in [0.2, 0.25) is 5.15 Å². The van der Waals surface area contributed by atoms with Crippen LogP contribution in [0.3, 0.4) is 0 Å². The zero-order valence-corrected chi connectivity index (χ0v) is 11.1. The molecule has 0 amide bonds. The molecule has 0 bridgehead atoms. The van der Waals surface area contributed by atoms with E-state index in [1.807, 2.05) is 11.9 Å². The van der Waals surface area contributed by atoms with Gasteiger partial charge >= 0.3 is 0 Å². The Labute approximate surface area is 113 Å². The van der Waals surface area contributed by atoms with Crippen molar-refractivity contribution in [2.75, 3.05) is 18.5 Å². The van der Waals surface area contributed by atoms with Crippen LogP contribution in [0, 0.1) is 18.2 Å². The van der Waals surface area contributed by atoms with E-state index < -0.39 is 5.82 Å². The average Bonchev–Trinajstić information content (AvgIpc) is 2.72. The molecule has 0 spiro atoms. The van der Waals surface area contributed by atoms with Gasteiger partial charge in [-0.15, -0.1) is 6.42 Å². The van der Waals surface area contributed by atoms with Crippen molar-refractivity contribution in [1.82, 2.24) is 9.97 Å². The maximum atomic E-state index is 13.1. The minimum atomic E-state index is -0.405. The molecule has 92 valence electrons.